The lowest BCUT2D eigenvalue weighted by atomic mass is 9.88. The second kappa shape index (κ2) is 9.36. The van der Waals surface area contributed by atoms with Crippen LogP contribution >= 0.6 is 0 Å². The minimum Gasteiger partial charge on any atom is -0.351 e. The van der Waals surface area contributed by atoms with E-state index < -0.39 is 0 Å². The molecule has 180 valence electrons. The molecule has 6 rings (SSSR count). The molecule has 0 aliphatic heterocycles. The van der Waals surface area contributed by atoms with Gasteiger partial charge in [0.2, 0.25) is 5.95 Å². The van der Waals surface area contributed by atoms with Gasteiger partial charge in [-0.15, -0.1) is 0 Å². The van der Waals surface area contributed by atoms with E-state index in [4.69, 9.17) is 4.98 Å². The van der Waals surface area contributed by atoms with E-state index in [1.807, 2.05) is 12.3 Å². The quantitative estimate of drug-likeness (QED) is 0.270. The fourth-order valence-electron chi connectivity index (χ4n) is 5.89. The Bertz CT molecular complexity index is 1510. The lowest BCUT2D eigenvalue weighted by molar-refractivity contribution is 0.223. The smallest absolute Gasteiger partial charge is 0.223 e. The first-order valence-corrected chi connectivity index (χ1v) is 13.0. The zero-order valence-electron chi connectivity index (χ0n) is 21.1. The summed E-state index contributed by atoms with van der Waals surface area (Å²) in [5, 5.41) is 8.80. The molecule has 5 aromatic rings. The van der Waals surface area contributed by atoms with Crippen LogP contribution in [0.4, 0.5) is 11.6 Å². The minimum absolute atomic E-state index is 0.403. The van der Waals surface area contributed by atoms with Gasteiger partial charge >= 0.3 is 0 Å². The van der Waals surface area contributed by atoms with Crippen LogP contribution in [0, 0.1) is 0 Å². The molecule has 1 saturated carbocycles. The highest BCUT2D eigenvalue weighted by atomic mass is 15.3. The first-order valence-electron chi connectivity index (χ1n) is 13.0. The zero-order chi connectivity index (χ0) is 24.5. The van der Waals surface area contributed by atoms with E-state index in [1.165, 1.54) is 40.1 Å². The molecule has 1 N–H and O–H groups in total. The molecule has 4 nitrogen and oxygen atoms in total. The summed E-state index contributed by atoms with van der Waals surface area (Å²) in [6, 6.07) is 33.4. The van der Waals surface area contributed by atoms with Crippen LogP contribution in [0.5, 0.6) is 0 Å². The molecule has 0 amide bonds. The molecule has 0 atom stereocenters. The Kier molecular flexibility index (Phi) is 5.90. The first-order chi connectivity index (χ1) is 17.6. The maximum absolute atomic E-state index is 4.87. The van der Waals surface area contributed by atoms with E-state index in [2.05, 4.69) is 109 Å². The van der Waals surface area contributed by atoms with Crippen LogP contribution in [0.1, 0.15) is 25.7 Å². The summed E-state index contributed by atoms with van der Waals surface area (Å²) < 4.78 is 0.919. The predicted molar refractivity (Wildman–Crippen MR) is 152 cm³/mol. The monoisotopic (exact) mass is 473 g/mol. The number of nitrogens with one attached hydrogen (secondary N) is 1. The molecule has 4 heteroatoms. The minimum atomic E-state index is 0.403. The second-order valence-electron chi connectivity index (χ2n) is 10.5. The third-order valence-corrected chi connectivity index (χ3v) is 8.03. The number of quaternary nitrogens is 1. The van der Waals surface area contributed by atoms with Gasteiger partial charge < -0.3 is 5.32 Å². The van der Waals surface area contributed by atoms with Crippen molar-refractivity contribution in [3.05, 3.63) is 97.2 Å². The topological polar surface area (TPSA) is 37.8 Å². The zero-order valence-corrected chi connectivity index (χ0v) is 21.1. The number of fused-ring (bicyclic) bond motifs is 2. The number of nitrogens with zero attached hydrogens (tertiary/aromatic N) is 3. The highest BCUT2D eigenvalue weighted by Crippen LogP contribution is 2.36. The van der Waals surface area contributed by atoms with E-state index in [0.29, 0.717) is 12.1 Å². The third-order valence-electron chi connectivity index (χ3n) is 8.03. The molecule has 4 aromatic carbocycles. The molecular weight excluding hydrogens is 440 g/mol. The molecule has 1 aliphatic carbocycles. The summed E-state index contributed by atoms with van der Waals surface area (Å²) in [7, 11) is 4.74. The van der Waals surface area contributed by atoms with Gasteiger partial charge in [0, 0.05) is 36.0 Å². The van der Waals surface area contributed by atoms with Gasteiger partial charge in [0.05, 0.1) is 25.8 Å². The fraction of sp³-hybridized carbons (Fsp3) is 0.250. The summed E-state index contributed by atoms with van der Waals surface area (Å²) in [5.74, 6) is 0.729. The van der Waals surface area contributed by atoms with Crippen molar-refractivity contribution in [3.8, 4) is 11.3 Å². The van der Waals surface area contributed by atoms with Crippen LogP contribution in [-0.4, -0.2) is 36.1 Å². The first kappa shape index (κ1) is 22.7. The van der Waals surface area contributed by atoms with Gasteiger partial charge in [0.1, 0.15) is 5.69 Å². The van der Waals surface area contributed by atoms with Crippen LogP contribution in [0.15, 0.2) is 97.2 Å². The molecule has 0 saturated heterocycles. The predicted octanol–water partition coefficient (Wildman–Crippen LogP) is 7.44. The standard InChI is InChI=1S/C32H33N4/c1-36(2,31-13-7-11-24-9-5-6-12-29(24)31)28-18-16-27(17-19-28)34-32-33-21-20-30(35-32)26-15-14-23-8-3-4-10-25(23)22-26/h3-15,20-22,27-28H,16-19H2,1-2H3,(H,33,34,35)/q+1/t27-,28-. The summed E-state index contributed by atoms with van der Waals surface area (Å²) in [4.78, 5) is 9.41. The summed E-state index contributed by atoms with van der Waals surface area (Å²) >= 11 is 0. The van der Waals surface area contributed by atoms with E-state index in [9.17, 15) is 0 Å². The molecule has 1 heterocycles. The fourth-order valence-corrected chi connectivity index (χ4v) is 5.89. The van der Waals surface area contributed by atoms with Crippen molar-refractivity contribution >= 4 is 33.2 Å². The molecule has 1 fully saturated rings. The van der Waals surface area contributed by atoms with Gasteiger partial charge in [-0.3, -0.25) is 4.48 Å². The lowest BCUT2D eigenvalue weighted by Gasteiger charge is -2.42. The number of hydrogen-bond acceptors (Lipinski definition) is 3. The number of benzene rings is 4. The Morgan fingerprint density at radius 2 is 1.44 bits per heavy atom. The Hall–Kier alpha value is -3.76. The molecule has 0 bridgehead atoms. The van der Waals surface area contributed by atoms with Crippen LogP contribution < -0.4 is 9.80 Å². The molecular formula is C32H33N4+. The van der Waals surface area contributed by atoms with E-state index in [-0.39, 0.29) is 0 Å². The Balaban J connectivity index is 1.15. The number of aromatic nitrogens is 2. The van der Waals surface area contributed by atoms with Crippen molar-refractivity contribution in [1.29, 1.82) is 0 Å². The van der Waals surface area contributed by atoms with Crippen molar-refractivity contribution in [2.75, 3.05) is 19.4 Å². The third kappa shape index (κ3) is 4.33. The van der Waals surface area contributed by atoms with Crippen molar-refractivity contribution in [2.45, 2.75) is 37.8 Å². The number of anilines is 1. The Morgan fingerprint density at radius 3 is 2.28 bits per heavy atom. The highest BCUT2D eigenvalue weighted by Gasteiger charge is 2.35. The van der Waals surface area contributed by atoms with Crippen molar-refractivity contribution < 1.29 is 0 Å². The lowest BCUT2D eigenvalue weighted by Crippen LogP contribution is -2.52. The maximum atomic E-state index is 4.87. The largest absolute Gasteiger partial charge is 0.351 e. The Labute approximate surface area is 213 Å². The number of hydrogen-bond donors (Lipinski definition) is 1. The SMILES string of the molecule is C[N+](C)(c1cccc2ccccc12)[C@H]1CC[C@H](Nc2nccc(-c3ccc4ccccc4c3)n2)CC1. The van der Waals surface area contributed by atoms with Crippen LogP contribution in [-0.2, 0) is 0 Å². The van der Waals surface area contributed by atoms with Gasteiger partial charge in [0.15, 0.2) is 0 Å². The van der Waals surface area contributed by atoms with Gasteiger partial charge in [0.25, 0.3) is 0 Å². The average Bonchev–Trinajstić information content (AvgIpc) is 2.93. The average molecular weight is 474 g/mol. The molecule has 0 unspecified atom stereocenters. The van der Waals surface area contributed by atoms with Crippen LogP contribution in [0.3, 0.4) is 0 Å². The van der Waals surface area contributed by atoms with Gasteiger partial charge in [-0.2, -0.15) is 0 Å². The molecule has 36 heavy (non-hydrogen) atoms. The van der Waals surface area contributed by atoms with Gasteiger partial charge in [-0.05, 0) is 53.3 Å². The van der Waals surface area contributed by atoms with E-state index in [0.717, 1.165) is 34.5 Å². The number of rotatable bonds is 5. The summed E-state index contributed by atoms with van der Waals surface area (Å²) in [6.45, 7) is 0. The van der Waals surface area contributed by atoms with Crippen molar-refractivity contribution in [2.24, 2.45) is 0 Å². The summed E-state index contributed by atoms with van der Waals surface area (Å²) in [5.41, 5.74) is 3.49. The van der Waals surface area contributed by atoms with Gasteiger partial charge in [-0.25, -0.2) is 9.97 Å². The second-order valence-corrected chi connectivity index (χ2v) is 10.5. The highest BCUT2D eigenvalue weighted by molar-refractivity contribution is 5.93. The molecule has 0 spiro atoms. The van der Waals surface area contributed by atoms with E-state index in [1.54, 1.807) is 0 Å². The van der Waals surface area contributed by atoms with Crippen LogP contribution in [0.2, 0.25) is 0 Å². The molecule has 1 aliphatic rings. The molecule has 0 radical (unpaired) electrons. The van der Waals surface area contributed by atoms with Crippen LogP contribution in [0.25, 0.3) is 32.8 Å². The molecule has 1 aromatic heterocycles. The maximum Gasteiger partial charge on any atom is 0.223 e. The van der Waals surface area contributed by atoms with Crippen molar-refractivity contribution in [3.63, 3.8) is 0 Å². The normalized spacial score (nSPS) is 18.4. The van der Waals surface area contributed by atoms with Gasteiger partial charge in [-0.1, -0.05) is 66.7 Å². The van der Waals surface area contributed by atoms with E-state index >= 15 is 0 Å². The Morgan fingerprint density at radius 1 is 0.722 bits per heavy atom. The van der Waals surface area contributed by atoms with Crippen molar-refractivity contribution in [1.82, 2.24) is 14.5 Å². The summed E-state index contributed by atoms with van der Waals surface area (Å²) in [6.07, 6.45) is 6.48.